The van der Waals surface area contributed by atoms with Crippen molar-refractivity contribution in [3.05, 3.63) is 93.4 Å². The lowest BCUT2D eigenvalue weighted by molar-refractivity contribution is -0.137. The number of aromatic hydroxyl groups is 1. The summed E-state index contributed by atoms with van der Waals surface area (Å²) in [5.74, 6) is -1.55. The number of carbonyl (C=O) groups excluding carboxylic acids is 1. The molecular formula is C24H22N4O5. The summed E-state index contributed by atoms with van der Waals surface area (Å²) in [6, 6.07) is 15.4. The minimum absolute atomic E-state index is 0.0597. The van der Waals surface area contributed by atoms with Crippen molar-refractivity contribution in [3.63, 3.8) is 0 Å². The highest BCUT2D eigenvalue weighted by Crippen LogP contribution is 2.21. The van der Waals surface area contributed by atoms with E-state index in [0.29, 0.717) is 16.7 Å². The zero-order valence-electron chi connectivity index (χ0n) is 17.8. The number of hydrogen-bond donors (Lipinski definition) is 4. The molecule has 0 aliphatic carbocycles. The van der Waals surface area contributed by atoms with Gasteiger partial charge in [-0.2, -0.15) is 5.26 Å². The number of amides is 2. The van der Waals surface area contributed by atoms with E-state index in [4.69, 9.17) is 0 Å². The molecule has 3 rings (SSSR count). The topological polar surface area (TPSA) is 144 Å². The normalized spacial score (nSPS) is 11.3. The summed E-state index contributed by atoms with van der Waals surface area (Å²) < 4.78 is 1.25. The Morgan fingerprint density at radius 1 is 1.12 bits per heavy atom. The number of nitrogens with zero attached hydrogens (tertiary/aromatic N) is 2. The highest BCUT2D eigenvalue weighted by molar-refractivity contribution is 5.91. The third-order valence-corrected chi connectivity index (χ3v) is 5.02. The van der Waals surface area contributed by atoms with Gasteiger partial charge in [-0.25, -0.2) is 4.79 Å². The van der Waals surface area contributed by atoms with Gasteiger partial charge in [0.1, 0.15) is 5.75 Å². The molecule has 1 aromatic heterocycles. The van der Waals surface area contributed by atoms with E-state index >= 15 is 0 Å². The molecule has 0 unspecified atom stereocenters. The molecule has 0 aliphatic rings. The number of aromatic nitrogens is 1. The third kappa shape index (κ3) is 5.77. The second-order valence-corrected chi connectivity index (χ2v) is 7.44. The van der Waals surface area contributed by atoms with E-state index < -0.39 is 29.4 Å². The average molecular weight is 446 g/mol. The van der Waals surface area contributed by atoms with Crippen molar-refractivity contribution >= 4 is 17.7 Å². The molecule has 0 saturated carbocycles. The predicted molar refractivity (Wildman–Crippen MR) is 121 cm³/mol. The smallest absolute Gasteiger partial charge is 0.319 e. The minimum Gasteiger partial charge on any atom is -0.505 e. The fourth-order valence-electron chi connectivity index (χ4n) is 3.29. The molecule has 0 saturated heterocycles. The average Bonchev–Trinajstić information content (AvgIpc) is 2.78. The second kappa shape index (κ2) is 10.2. The van der Waals surface area contributed by atoms with E-state index in [1.165, 1.54) is 16.8 Å². The van der Waals surface area contributed by atoms with Gasteiger partial charge >= 0.3 is 12.0 Å². The molecule has 168 valence electrons. The largest absolute Gasteiger partial charge is 0.505 e. The molecule has 3 aromatic rings. The Bertz CT molecular complexity index is 1280. The summed E-state index contributed by atoms with van der Waals surface area (Å²) in [6.07, 6.45) is 0.987. The number of rotatable bonds is 7. The number of nitriles is 1. The summed E-state index contributed by atoms with van der Waals surface area (Å²) in [4.78, 5) is 36.8. The van der Waals surface area contributed by atoms with Gasteiger partial charge in [-0.3, -0.25) is 9.59 Å². The van der Waals surface area contributed by atoms with Gasteiger partial charge in [-0.15, -0.1) is 0 Å². The highest BCUT2D eigenvalue weighted by atomic mass is 16.4. The van der Waals surface area contributed by atoms with E-state index in [0.717, 1.165) is 5.56 Å². The number of anilines is 1. The molecular weight excluding hydrogens is 424 g/mol. The molecule has 0 fully saturated rings. The van der Waals surface area contributed by atoms with Gasteiger partial charge in [-0.1, -0.05) is 48.0 Å². The number of aryl methyl sites for hydroxylation is 1. The molecule has 9 nitrogen and oxygen atoms in total. The van der Waals surface area contributed by atoms with Gasteiger partial charge < -0.3 is 25.4 Å². The number of hydrogen-bond acceptors (Lipinski definition) is 5. The van der Waals surface area contributed by atoms with Gasteiger partial charge in [-0.05, 0) is 30.2 Å². The molecule has 1 heterocycles. The molecule has 0 aliphatic heterocycles. The zero-order valence-corrected chi connectivity index (χ0v) is 17.8. The molecule has 4 N–H and O–H groups in total. The third-order valence-electron chi connectivity index (χ3n) is 5.02. The molecule has 0 spiro atoms. The lowest BCUT2D eigenvalue weighted by Crippen LogP contribution is -2.36. The van der Waals surface area contributed by atoms with Crippen LogP contribution < -0.4 is 16.2 Å². The maximum atomic E-state index is 12.9. The maximum Gasteiger partial charge on any atom is 0.319 e. The van der Waals surface area contributed by atoms with Crippen LogP contribution in [0.4, 0.5) is 10.5 Å². The molecule has 2 amide bonds. The number of nitrogens with one attached hydrogen (secondary N) is 2. The fraction of sp³-hybridized carbons (Fsp3) is 0.167. The van der Waals surface area contributed by atoms with Gasteiger partial charge in [0.05, 0.1) is 30.6 Å². The number of aliphatic carboxylic acids is 1. The van der Waals surface area contributed by atoms with Crippen molar-refractivity contribution in [2.45, 2.75) is 25.9 Å². The lowest BCUT2D eigenvalue weighted by atomic mass is 10.0. The summed E-state index contributed by atoms with van der Waals surface area (Å²) in [5, 5.41) is 33.5. The van der Waals surface area contributed by atoms with Crippen LogP contribution in [0, 0.1) is 18.3 Å². The predicted octanol–water partition coefficient (Wildman–Crippen LogP) is 3.12. The van der Waals surface area contributed by atoms with Crippen LogP contribution in [0.5, 0.6) is 5.75 Å². The Morgan fingerprint density at radius 3 is 2.48 bits per heavy atom. The number of urea groups is 1. The molecule has 1 atom stereocenters. The first kappa shape index (κ1) is 23.1. The Kier molecular flexibility index (Phi) is 7.10. The SMILES string of the molecule is Cc1ccc([C@H](CC(=O)O)NC(=O)Nc2c(O)ccn(Cc3ccccc3C#N)c2=O)cc1. The Hall–Kier alpha value is -4.58. The second-order valence-electron chi connectivity index (χ2n) is 7.44. The molecule has 2 aromatic carbocycles. The van der Waals surface area contributed by atoms with Crippen LogP contribution in [0.1, 0.15) is 34.7 Å². The molecule has 33 heavy (non-hydrogen) atoms. The number of benzene rings is 2. The fourth-order valence-corrected chi connectivity index (χ4v) is 3.29. The van der Waals surface area contributed by atoms with Gasteiger partial charge in [0, 0.05) is 6.20 Å². The summed E-state index contributed by atoms with van der Waals surface area (Å²) in [5.41, 5.74) is 1.53. The van der Waals surface area contributed by atoms with Crippen LogP contribution in [-0.2, 0) is 11.3 Å². The van der Waals surface area contributed by atoms with Crippen molar-refractivity contribution in [3.8, 4) is 11.8 Å². The number of carboxylic acids is 1. The van der Waals surface area contributed by atoms with Crippen molar-refractivity contribution in [1.29, 1.82) is 5.26 Å². The number of carbonyl (C=O) groups is 2. The minimum atomic E-state index is -1.11. The number of pyridine rings is 1. The van der Waals surface area contributed by atoms with Crippen LogP contribution in [0.2, 0.25) is 0 Å². The van der Waals surface area contributed by atoms with Gasteiger partial charge in [0.25, 0.3) is 5.56 Å². The van der Waals surface area contributed by atoms with Gasteiger partial charge in [0.15, 0.2) is 5.69 Å². The van der Waals surface area contributed by atoms with Crippen molar-refractivity contribution in [1.82, 2.24) is 9.88 Å². The molecule has 0 radical (unpaired) electrons. The first-order valence-corrected chi connectivity index (χ1v) is 10.0. The molecule has 0 bridgehead atoms. The first-order chi connectivity index (χ1) is 15.8. The lowest BCUT2D eigenvalue weighted by Gasteiger charge is -2.18. The summed E-state index contributed by atoms with van der Waals surface area (Å²) >= 11 is 0. The quantitative estimate of drug-likeness (QED) is 0.439. The Morgan fingerprint density at radius 2 is 1.82 bits per heavy atom. The van der Waals surface area contributed by atoms with E-state index in [-0.39, 0.29) is 18.7 Å². The molecule has 9 heteroatoms. The van der Waals surface area contributed by atoms with Crippen LogP contribution in [0.15, 0.2) is 65.6 Å². The van der Waals surface area contributed by atoms with Crippen molar-refractivity contribution in [2.75, 3.05) is 5.32 Å². The first-order valence-electron chi connectivity index (χ1n) is 10.0. The van der Waals surface area contributed by atoms with Crippen LogP contribution >= 0.6 is 0 Å². The van der Waals surface area contributed by atoms with Gasteiger partial charge in [0.2, 0.25) is 0 Å². The van der Waals surface area contributed by atoms with Crippen molar-refractivity contribution < 1.29 is 19.8 Å². The Balaban J connectivity index is 1.83. The van der Waals surface area contributed by atoms with E-state index in [9.17, 15) is 29.9 Å². The van der Waals surface area contributed by atoms with E-state index in [1.807, 2.05) is 6.92 Å². The monoisotopic (exact) mass is 446 g/mol. The summed E-state index contributed by atoms with van der Waals surface area (Å²) in [7, 11) is 0. The van der Waals surface area contributed by atoms with Crippen LogP contribution in [0.3, 0.4) is 0 Å². The van der Waals surface area contributed by atoms with E-state index in [2.05, 4.69) is 16.7 Å². The number of carboxylic acid groups (broad SMARTS) is 1. The van der Waals surface area contributed by atoms with Crippen molar-refractivity contribution in [2.24, 2.45) is 0 Å². The standard InChI is InChI=1S/C24H22N4O5/c1-15-6-8-16(9-7-15)19(12-21(30)31)26-24(33)27-22-20(29)10-11-28(23(22)32)14-18-5-3-2-4-17(18)13-25/h2-11,19,29H,12,14H2,1H3,(H,30,31)(H2,26,27,33)/t19-/m0/s1. The maximum absolute atomic E-state index is 12.9. The Labute approximate surface area is 189 Å². The highest BCUT2D eigenvalue weighted by Gasteiger charge is 2.20. The van der Waals surface area contributed by atoms with E-state index in [1.54, 1.807) is 48.5 Å². The zero-order chi connectivity index (χ0) is 24.0. The summed E-state index contributed by atoms with van der Waals surface area (Å²) in [6.45, 7) is 1.94. The van der Waals surface area contributed by atoms with Crippen LogP contribution in [-0.4, -0.2) is 26.8 Å². The van der Waals surface area contributed by atoms with Crippen LogP contribution in [0.25, 0.3) is 0 Å².